The SMILES string of the molecule is CCCn1nncc1C(C)(O)c1cncc(F)c1. The Bertz CT molecular complexity index is 538. The highest BCUT2D eigenvalue weighted by Crippen LogP contribution is 2.28. The number of pyridine rings is 1. The van der Waals surface area contributed by atoms with Gasteiger partial charge in [-0.25, -0.2) is 9.07 Å². The van der Waals surface area contributed by atoms with Gasteiger partial charge in [0.05, 0.1) is 18.1 Å². The second-order valence-electron chi connectivity index (χ2n) is 4.31. The van der Waals surface area contributed by atoms with Gasteiger partial charge in [-0.1, -0.05) is 12.1 Å². The van der Waals surface area contributed by atoms with Gasteiger partial charge in [-0.15, -0.1) is 5.10 Å². The van der Waals surface area contributed by atoms with Gasteiger partial charge >= 0.3 is 0 Å². The lowest BCUT2D eigenvalue weighted by molar-refractivity contribution is 0.0906. The molecule has 0 aliphatic carbocycles. The van der Waals surface area contributed by atoms with Crippen molar-refractivity contribution in [2.24, 2.45) is 0 Å². The Kier molecular flexibility index (Phi) is 3.38. The van der Waals surface area contributed by atoms with E-state index >= 15 is 0 Å². The van der Waals surface area contributed by atoms with Gasteiger partial charge < -0.3 is 5.11 Å². The zero-order valence-electron chi connectivity index (χ0n) is 10.3. The fourth-order valence-corrected chi connectivity index (χ4v) is 1.84. The van der Waals surface area contributed by atoms with Crippen molar-refractivity contribution in [2.75, 3.05) is 0 Å². The van der Waals surface area contributed by atoms with Crippen molar-refractivity contribution in [3.8, 4) is 0 Å². The average Bonchev–Trinajstić information content (AvgIpc) is 2.78. The van der Waals surface area contributed by atoms with Crippen LogP contribution in [0.4, 0.5) is 4.39 Å². The zero-order valence-corrected chi connectivity index (χ0v) is 10.3. The first kappa shape index (κ1) is 12.6. The standard InChI is InChI=1S/C12H15FN4O/c1-3-4-17-11(8-15-16-17)12(2,18)9-5-10(13)7-14-6-9/h5-8,18H,3-4H2,1-2H3. The number of rotatable bonds is 4. The van der Waals surface area contributed by atoms with E-state index in [1.165, 1.54) is 18.5 Å². The van der Waals surface area contributed by atoms with E-state index in [1.807, 2.05) is 6.92 Å². The first-order chi connectivity index (χ1) is 8.55. The predicted octanol–water partition coefficient (Wildman–Crippen LogP) is 1.48. The minimum absolute atomic E-state index is 0.377. The van der Waals surface area contributed by atoms with Crippen molar-refractivity contribution in [3.63, 3.8) is 0 Å². The van der Waals surface area contributed by atoms with Crippen LogP contribution in [0, 0.1) is 5.82 Å². The largest absolute Gasteiger partial charge is 0.379 e. The normalized spacial score (nSPS) is 14.4. The molecule has 1 atom stereocenters. The number of aromatic nitrogens is 4. The van der Waals surface area contributed by atoms with Gasteiger partial charge in [0.2, 0.25) is 0 Å². The molecule has 0 saturated carbocycles. The molecule has 2 heterocycles. The van der Waals surface area contributed by atoms with Gasteiger partial charge in [-0.05, 0) is 19.4 Å². The van der Waals surface area contributed by atoms with Crippen LogP contribution in [0.5, 0.6) is 0 Å². The van der Waals surface area contributed by atoms with Crippen LogP contribution in [0.2, 0.25) is 0 Å². The van der Waals surface area contributed by atoms with Crippen molar-refractivity contribution in [2.45, 2.75) is 32.4 Å². The van der Waals surface area contributed by atoms with Crippen LogP contribution in [-0.4, -0.2) is 25.1 Å². The molecule has 0 bridgehead atoms. The molecule has 0 fully saturated rings. The van der Waals surface area contributed by atoms with E-state index in [0.717, 1.165) is 12.6 Å². The third kappa shape index (κ3) is 2.24. The highest BCUT2D eigenvalue weighted by molar-refractivity contribution is 5.28. The van der Waals surface area contributed by atoms with Gasteiger partial charge in [0.1, 0.15) is 11.4 Å². The van der Waals surface area contributed by atoms with Crippen molar-refractivity contribution in [1.29, 1.82) is 0 Å². The van der Waals surface area contributed by atoms with E-state index in [0.29, 0.717) is 17.8 Å². The predicted molar refractivity (Wildman–Crippen MR) is 63.2 cm³/mol. The number of hydrogen-bond donors (Lipinski definition) is 1. The van der Waals surface area contributed by atoms with E-state index in [2.05, 4.69) is 15.3 Å². The average molecular weight is 250 g/mol. The molecule has 1 unspecified atom stereocenters. The summed E-state index contributed by atoms with van der Waals surface area (Å²) >= 11 is 0. The minimum Gasteiger partial charge on any atom is -0.379 e. The lowest BCUT2D eigenvalue weighted by atomic mass is 9.94. The summed E-state index contributed by atoms with van der Waals surface area (Å²) in [5, 5.41) is 18.3. The Hall–Kier alpha value is -1.82. The number of halogens is 1. The number of hydrogen-bond acceptors (Lipinski definition) is 4. The van der Waals surface area contributed by atoms with E-state index in [4.69, 9.17) is 0 Å². The van der Waals surface area contributed by atoms with Crippen LogP contribution in [0.3, 0.4) is 0 Å². The van der Waals surface area contributed by atoms with Gasteiger partial charge in [-0.2, -0.15) is 0 Å². The monoisotopic (exact) mass is 250 g/mol. The van der Waals surface area contributed by atoms with E-state index < -0.39 is 11.4 Å². The molecule has 96 valence electrons. The second-order valence-corrected chi connectivity index (χ2v) is 4.31. The molecule has 0 aromatic carbocycles. The molecule has 1 N–H and O–H groups in total. The quantitative estimate of drug-likeness (QED) is 0.892. The van der Waals surface area contributed by atoms with Crippen molar-refractivity contribution in [1.82, 2.24) is 20.0 Å². The Morgan fingerprint density at radius 2 is 2.17 bits per heavy atom. The summed E-state index contributed by atoms with van der Waals surface area (Å²) in [6.07, 6.45) is 4.89. The van der Waals surface area contributed by atoms with Crippen LogP contribution in [0.15, 0.2) is 24.7 Å². The fraction of sp³-hybridized carbons (Fsp3) is 0.417. The summed E-state index contributed by atoms with van der Waals surface area (Å²) in [5.74, 6) is -0.484. The van der Waals surface area contributed by atoms with Gasteiger partial charge in [0.15, 0.2) is 0 Å². The van der Waals surface area contributed by atoms with E-state index in [9.17, 15) is 9.50 Å². The molecule has 2 aromatic heterocycles. The molecule has 2 aromatic rings. The molecule has 18 heavy (non-hydrogen) atoms. The van der Waals surface area contributed by atoms with Crippen LogP contribution in [-0.2, 0) is 12.1 Å². The molecule has 2 rings (SSSR count). The fourth-order valence-electron chi connectivity index (χ4n) is 1.84. The molecule has 0 aliphatic rings. The summed E-state index contributed by atoms with van der Waals surface area (Å²) in [4.78, 5) is 3.75. The Morgan fingerprint density at radius 3 is 2.83 bits per heavy atom. The van der Waals surface area contributed by atoms with E-state index in [1.54, 1.807) is 11.6 Å². The highest BCUT2D eigenvalue weighted by Gasteiger charge is 2.30. The van der Waals surface area contributed by atoms with Gasteiger partial charge in [-0.3, -0.25) is 4.98 Å². The molecule has 0 spiro atoms. The Labute approximate surface area is 104 Å². The van der Waals surface area contributed by atoms with Crippen LogP contribution in [0.1, 0.15) is 31.5 Å². The first-order valence-electron chi connectivity index (χ1n) is 5.78. The van der Waals surface area contributed by atoms with Gasteiger partial charge in [0, 0.05) is 18.3 Å². The zero-order chi connectivity index (χ0) is 13.2. The Morgan fingerprint density at radius 1 is 1.39 bits per heavy atom. The molecule has 0 radical (unpaired) electrons. The smallest absolute Gasteiger partial charge is 0.141 e. The maximum atomic E-state index is 13.2. The van der Waals surface area contributed by atoms with Crippen molar-refractivity contribution >= 4 is 0 Å². The summed E-state index contributed by atoms with van der Waals surface area (Å²) in [6, 6.07) is 1.26. The lowest BCUT2D eigenvalue weighted by Gasteiger charge is -2.23. The highest BCUT2D eigenvalue weighted by atomic mass is 19.1. The molecule has 0 amide bonds. The maximum absolute atomic E-state index is 13.2. The third-order valence-electron chi connectivity index (χ3n) is 2.82. The topological polar surface area (TPSA) is 63.8 Å². The van der Waals surface area contributed by atoms with Crippen LogP contribution < -0.4 is 0 Å². The number of nitrogens with zero attached hydrogens (tertiary/aromatic N) is 4. The van der Waals surface area contributed by atoms with Crippen molar-refractivity contribution < 1.29 is 9.50 Å². The molecule has 0 aliphatic heterocycles. The molecule has 5 nitrogen and oxygen atoms in total. The Balaban J connectivity index is 2.44. The third-order valence-corrected chi connectivity index (χ3v) is 2.82. The maximum Gasteiger partial charge on any atom is 0.141 e. The number of aliphatic hydroxyl groups is 1. The van der Waals surface area contributed by atoms with E-state index in [-0.39, 0.29) is 0 Å². The summed E-state index contributed by atoms with van der Waals surface area (Å²) in [6.45, 7) is 4.23. The summed E-state index contributed by atoms with van der Waals surface area (Å²) < 4.78 is 14.8. The number of aryl methyl sites for hydroxylation is 1. The molecule has 6 heteroatoms. The molecule has 0 saturated heterocycles. The van der Waals surface area contributed by atoms with Gasteiger partial charge in [0.25, 0.3) is 0 Å². The minimum atomic E-state index is -1.37. The summed E-state index contributed by atoms with van der Waals surface area (Å²) in [7, 11) is 0. The molecular weight excluding hydrogens is 235 g/mol. The lowest BCUT2D eigenvalue weighted by Crippen LogP contribution is -2.27. The first-order valence-corrected chi connectivity index (χ1v) is 5.78. The summed E-state index contributed by atoms with van der Waals surface area (Å²) in [5.41, 5.74) is -0.466. The molecular formula is C12H15FN4O. The second kappa shape index (κ2) is 4.81. The van der Waals surface area contributed by atoms with Crippen LogP contribution in [0.25, 0.3) is 0 Å². The van der Waals surface area contributed by atoms with Crippen LogP contribution >= 0.6 is 0 Å². The van der Waals surface area contributed by atoms with Crippen molar-refractivity contribution in [3.05, 3.63) is 41.7 Å².